The Morgan fingerprint density at radius 1 is 1.12 bits per heavy atom. The van der Waals surface area contributed by atoms with Crippen molar-refractivity contribution in [2.24, 2.45) is 0 Å². The van der Waals surface area contributed by atoms with Crippen LogP contribution in [0.3, 0.4) is 0 Å². The Morgan fingerprint density at radius 2 is 1.80 bits per heavy atom. The molecule has 0 aliphatic rings. The summed E-state index contributed by atoms with van der Waals surface area (Å²) in [5.41, 5.74) is 2.07. The number of hydrogen-bond acceptors (Lipinski definition) is 3. The molecule has 0 radical (unpaired) electrons. The predicted molar refractivity (Wildman–Crippen MR) is 94.6 cm³/mol. The van der Waals surface area contributed by atoms with Gasteiger partial charge in [0, 0.05) is 11.2 Å². The fourth-order valence-corrected chi connectivity index (χ4v) is 3.79. The zero-order valence-corrected chi connectivity index (χ0v) is 14.2. The molecule has 0 aliphatic heterocycles. The van der Waals surface area contributed by atoms with Crippen LogP contribution in [0.4, 0.5) is 0 Å². The van der Waals surface area contributed by atoms with E-state index >= 15 is 0 Å². The average molecular weight is 359 g/mol. The number of fused-ring (bicyclic) bond motifs is 1. The number of hydrogen-bond donors (Lipinski definition) is 3. The number of benzene rings is 2. The van der Waals surface area contributed by atoms with Gasteiger partial charge in [0.15, 0.2) is 6.10 Å². The van der Waals surface area contributed by atoms with Gasteiger partial charge in [-0.05, 0) is 29.5 Å². The first-order valence-corrected chi connectivity index (χ1v) is 9.55. The van der Waals surface area contributed by atoms with Crippen LogP contribution in [-0.4, -0.2) is 27.1 Å². The smallest absolute Gasteiger partial charge is 0.338 e. The highest BCUT2D eigenvalue weighted by molar-refractivity contribution is 7.52. The third kappa shape index (κ3) is 4.37. The van der Waals surface area contributed by atoms with Crippen molar-refractivity contribution >= 4 is 24.5 Å². The predicted octanol–water partition coefficient (Wildman–Crippen LogP) is 3.74. The van der Waals surface area contributed by atoms with Crippen molar-refractivity contribution in [3.63, 3.8) is 0 Å². The van der Waals surface area contributed by atoms with Gasteiger partial charge < -0.3 is 15.0 Å². The first-order chi connectivity index (χ1) is 11.9. The largest absolute Gasteiger partial charge is 0.479 e. The number of carboxylic acid groups (broad SMARTS) is 1. The van der Waals surface area contributed by atoms with Gasteiger partial charge in [-0.2, -0.15) is 0 Å². The van der Waals surface area contributed by atoms with Crippen LogP contribution in [0.5, 0.6) is 0 Å². The van der Waals surface area contributed by atoms with Crippen LogP contribution in [-0.2, 0) is 20.3 Å². The summed E-state index contributed by atoms with van der Waals surface area (Å²) in [5, 5.41) is 10.3. The lowest BCUT2D eigenvalue weighted by Crippen LogP contribution is -2.15. The van der Waals surface area contributed by atoms with Crippen LogP contribution in [0, 0.1) is 0 Å². The zero-order valence-electron chi connectivity index (χ0n) is 13.3. The van der Waals surface area contributed by atoms with Gasteiger partial charge >= 0.3 is 13.6 Å². The average Bonchev–Trinajstić information content (AvgIpc) is 3.02. The molecular formula is C18H18NO5P. The van der Waals surface area contributed by atoms with Crippen LogP contribution in [0.25, 0.3) is 10.9 Å². The molecule has 3 rings (SSSR count). The minimum Gasteiger partial charge on any atom is -0.479 e. The summed E-state index contributed by atoms with van der Waals surface area (Å²) in [6.45, 7) is 0. The van der Waals surface area contributed by atoms with E-state index in [9.17, 15) is 19.4 Å². The van der Waals surface area contributed by atoms with Gasteiger partial charge in [-0.15, -0.1) is 0 Å². The van der Waals surface area contributed by atoms with Crippen molar-refractivity contribution in [3.8, 4) is 0 Å². The van der Waals surface area contributed by atoms with E-state index in [2.05, 4.69) is 4.98 Å². The number of aryl methyl sites for hydroxylation is 1. The molecule has 0 aliphatic carbocycles. The minimum atomic E-state index is -4.08. The van der Waals surface area contributed by atoms with Crippen molar-refractivity contribution in [3.05, 3.63) is 71.9 Å². The van der Waals surface area contributed by atoms with Crippen LogP contribution in [0.2, 0.25) is 0 Å². The number of aromatic amines is 1. The Balaban J connectivity index is 1.70. The lowest BCUT2D eigenvalue weighted by Gasteiger charge is -2.18. The van der Waals surface area contributed by atoms with Crippen molar-refractivity contribution in [1.82, 2.24) is 4.98 Å². The van der Waals surface area contributed by atoms with Gasteiger partial charge in [0.2, 0.25) is 0 Å². The number of para-hydroxylation sites is 1. The molecule has 2 aromatic carbocycles. The maximum absolute atomic E-state index is 12.3. The molecule has 6 nitrogen and oxygen atoms in total. The second-order valence-electron chi connectivity index (χ2n) is 5.73. The Labute approximate surface area is 144 Å². The molecule has 1 heterocycles. The van der Waals surface area contributed by atoms with E-state index in [4.69, 9.17) is 4.52 Å². The summed E-state index contributed by atoms with van der Waals surface area (Å²) in [7, 11) is -4.08. The molecule has 0 amide bonds. The van der Waals surface area contributed by atoms with E-state index in [1.165, 1.54) is 0 Å². The molecule has 7 heteroatoms. The number of aliphatic carboxylic acids is 1. The summed E-state index contributed by atoms with van der Waals surface area (Å²) < 4.78 is 17.4. The summed E-state index contributed by atoms with van der Waals surface area (Å²) in [6, 6.07) is 17.7. The van der Waals surface area contributed by atoms with Crippen molar-refractivity contribution in [1.29, 1.82) is 0 Å². The van der Waals surface area contributed by atoms with Gasteiger partial charge in [0.1, 0.15) is 0 Å². The standard InChI is InChI=1S/C18H18NO5P/c20-18(21)17(13-6-2-1-3-7-13)24-25(22,23)11-10-15-12-14-8-4-5-9-16(14)19-15/h1-9,12,17,19H,10-11H2,(H,20,21)(H,22,23). The monoisotopic (exact) mass is 359 g/mol. The topological polar surface area (TPSA) is 99.6 Å². The van der Waals surface area contributed by atoms with Gasteiger partial charge in [-0.25, -0.2) is 4.79 Å². The molecule has 0 fully saturated rings. The summed E-state index contributed by atoms with van der Waals surface area (Å²) in [5.74, 6) is -1.30. The highest BCUT2D eigenvalue weighted by Crippen LogP contribution is 2.47. The van der Waals surface area contributed by atoms with Gasteiger partial charge in [0.25, 0.3) is 0 Å². The lowest BCUT2D eigenvalue weighted by molar-refractivity contribution is -0.145. The second-order valence-corrected chi connectivity index (χ2v) is 7.66. The molecule has 1 aromatic heterocycles. The number of nitrogens with one attached hydrogen (secondary N) is 1. The van der Waals surface area contributed by atoms with Crippen LogP contribution < -0.4 is 0 Å². The summed E-state index contributed by atoms with van der Waals surface area (Å²) >= 11 is 0. The molecule has 3 N–H and O–H groups in total. The van der Waals surface area contributed by atoms with E-state index in [0.29, 0.717) is 5.56 Å². The summed E-state index contributed by atoms with van der Waals surface area (Å²) in [4.78, 5) is 24.7. The first-order valence-electron chi connectivity index (χ1n) is 7.79. The lowest BCUT2D eigenvalue weighted by atomic mass is 10.1. The molecule has 3 aromatic rings. The van der Waals surface area contributed by atoms with Crippen molar-refractivity contribution in [2.45, 2.75) is 12.5 Å². The molecule has 0 spiro atoms. The quantitative estimate of drug-likeness (QED) is 0.558. The Kier molecular flexibility index (Phi) is 5.04. The fraction of sp³-hybridized carbons (Fsp3) is 0.167. The molecule has 0 bridgehead atoms. The molecule has 0 saturated carbocycles. The molecule has 2 unspecified atom stereocenters. The van der Waals surface area contributed by atoms with Gasteiger partial charge in [-0.1, -0.05) is 48.5 Å². The number of carboxylic acids is 1. The molecular weight excluding hydrogens is 341 g/mol. The molecule has 25 heavy (non-hydrogen) atoms. The SMILES string of the molecule is O=C(O)C(OP(=O)(O)CCc1cc2ccccc2[nH]1)c1ccccc1. The van der Waals surface area contributed by atoms with E-state index in [-0.39, 0.29) is 12.6 Å². The molecule has 2 atom stereocenters. The van der Waals surface area contributed by atoms with Gasteiger partial charge in [0.05, 0.1) is 6.16 Å². The normalized spacial score (nSPS) is 14.9. The van der Waals surface area contributed by atoms with Crippen molar-refractivity contribution < 1.29 is 23.9 Å². The Bertz CT molecular complexity index is 888. The fourth-order valence-electron chi connectivity index (χ4n) is 2.62. The van der Waals surface area contributed by atoms with E-state index < -0.39 is 19.7 Å². The maximum atomic E-state index is 12.3. The van der Waals surface area contributed by atoms with Crippen molar-refractivity contribution in [2.75, 3.05) is 6.16 Å². The maximum Gasteiger partial charge on any atom is 0.338 e. The van der Waals surface area contributed by atoms with E-state index in [0.717, 1.165) is 16.6 Å². The Morgan fingerprint density at radius 3 is 2.48 bits per heavy atom. The van der Waals surface area contributed by atoms with Crippen LogP contribution in [0.15, 0.2) is 60.7 Å². The summed E-state index contributed by atoms with van der Waals surface area (Å²) in [6.07, 6.45) is -1.36. The number of H-pyrrole nitrogens is 1. The number of carbonyl (C=O) groups is 1. The second kappa shape index (κ2) is 7.23. The number of aromatic nitrogens is 1. The number of rotatable bonds is 7. The Hall–Kier alpha value is -2.40. The third-order valence-corrected chi connectivity index (χ3v) is 5.18. The zero-order chi connectivity index (χ0) is 17.9. The molecule has 130 valence electrons. The first kappa shape index (κ1) is 17.4. The van der Waals surface area contributed by atoms with Crippen LogP contribution in [0.1, 0.15) is 17.4 Å². The van der Waals surface area contributed by atoms with E-state index in [1.54, 1.807) is 30.3 Å². The van der Waals surface area contributed by atoms with Gasteiger partial charge in [-0.3, -0.25) is 9.09 Å². The third-order valence-electron chi connectivity index (χ3n) is 3.85. The molecule has 0 saturated heterocycles. The van der Waals surface area contributed by atoms with E-state index in [1.807, 2.05) is 30.3 Å². The minimum absolute atomic E-state index is 0.170. The highest BCUT2D eigenvalue weighted by atomic mass is 31.2. The highest BCUT2D eigenvalue weighted by Gasteiger charge is 2.30. The van der Waals surface area contributed by atoms with Crippen LogP contribution >= 0.6 is 7.60 Å².